The number of fused-ring (bicyclic) bond motifs is 3. The van der Waals surface area contributed by atoms with Gasteiger partial charge in [-0.1, -0.05) is 54.6 Å². The molecule has 3 nitrogen and oxygen atoms in total. The van der Waals surface area contributed by atoms with Crippen molar-refractivity contribution in [3.8, 4) is 16.9 Å². The SMILES string of the molecule is c1cc2c(c(-c3cccc4c3OCC4c3cccc4ccoc34)c1)COC2. The van der Waals surface area contributed by atoms with Gasteiger partial charge in [0.1, 0.15) is 11.3 Å². The molecular weight excluding hydrogens is 336 g/mol. The smallest absolute Gasteiger partial charge is 0.137 e. The van der Waals surface area contributed by atoms with Crippen molar-refractivity contribution in [1.82, 2.24) is 0 Å². The van der Waals surface area contributed by atoms with E-state index < -0.39 is 0 Å². The Morgan fingerprint density at radius 2 is 1.63 bits per heavy atom. The summed E-state index contributed by atoms with van der Waals surface area (Å²) < 4.78 is 17.7. The van der Waals surface area contributed by atoms with Gasteiger partial charge in [0.05, 0.1) is 32.0 Å². The number of ether oxygens (including phenoxy) is 2. The van der Waals surface area contributed by atoms with Crippen LogP contribution in [0.4, 0.5) is 0 Å². The summed E-state index contributed by atoms with van der Waals surface area (Å²) >= 11 is 0. The van der Waals surface area contributed by atoms with E-state index in [1.807, 2.05) is 6.07 Å². The molecular formula is C24H18O3. The molecule has 1 atom stereocenters. The van der Waals surface area contributed by atoms with Gasteiger partial charge in [-0.2, -0.15) is 0 Å². The normalized spacial score (nSPS) is 17.7. The molecule has 6 rings (SSSR count). The molecule has 3 heterocycles. The zero-order valence-corrected chi connectivity index (χ0v) is 14.8. The second-order valence-electron chi connectivity index (χ2n) is 7.21. The first kappa shape index (κ1) is 15.1. The summed E-state index contributed by atoms with van der Waals surface area (Å²) in [5, 5.41) is 1.13. The van der Waals surface area contributed by atoms with Crippen LogP contribution < -0.4 is 4.74 Å². The summed E-state index contributed by atoms with van der Waals surface area (Å²) in [5.74, 6) is 1.18. The van der Waals surface area contributed by atoms with Crippen molar-refractivity contribution in [3.05, 3.63) is 89.2 Å². The fraction of sp³-hybridized carbons (Fsp3) is 0.167. The van der Waals surface area contributed by atoms with Crippen molar-refractivity contribution in [2.24, 2.45) is 0 Å². The van der Waals surface area contributed by atoms with Gasteiger partial charge in [0.25, 0.3) is 0 Å². The molecule has 0 saturated carbocycles. The van der Waals surface area contributed by atoms with E-state index in [0.29, 0.717) is 19.8 Å². The number of benzene rings is 3. The van der Waals surface area contributed by atoms with Crippen LogP contribution in [0.15, 0.2) is 71.3 Å². The van der Waals surface area contributed by atoms with Crippen LogP contribution in [0.25, 0.3) is 22.1 Å². The number of hydrogen-bond acceptors (Lipinski definition) is 3. The Morgan fingerprint density at radius 1 is 0.778 bits per heavy atom. The molecule has 1 aromatic heterocycles. The van der Waals surface area contributed by atoms with Crippen molar-refractivity contribution in [2.75, 3.05) is 6.61 Å². The minimum atomic E-state index is 0.183. The van der Waals surface area contributed by atoms with Gasteiger partial charge in [0, 0.05) is 22.1 Å². The predicted octanol–water partition coefficient (Wildman–Crippen LogP) is 5.65. The minimum Gasteiger partial charge on any atom is -0.492 e. The third-order valence-electron chi connectivity index (χ3n) is 5.77. The summed E-state index contributed by atoms with van der Waals surface area (Å²) in [6, 6.07) is 21.2. The van der Waals surface area contributed by atoms with Gasteiger partial charge in [-0.05, 0) is 22.8 Å². The van der Waals surface area contributed by atoms with Gasteiger partial charge in [-0.15, -0.1) is 0 Å². The molecule has 2 aliphatic heterocycles. The lowest BCUT2D eigenvalue weighted by Gasteiger charge is -2.13. The van der Waals surface area contributed by atoms with Gasteiger partial charge in [0.2, 0.25) is 0 Å². The quantitative estimate of drug-likeness (QED) is 0.466. The molecule has 132 valence electrons. The highest BCUT2D eigenvalue weighted by molar-refractivity contribution is 5.83. The number of furan rings is 1. The van der Waals surface area contributed by atoms with Crippen LogP contribution in [-0.2, 0) is 18.0 Å². The summed E-state index contributed by atoms with van der Waals surface area (Å²) in [6.45, 7) is 2.00. The van der Waals surface area contributed by atoms with E-state index in [1.54, 1.807) is 6.26 Å². The lowest BCUT2D eigenvalue weighted by atomic mass is 9.89. The van der Waals surface area contributed by atoms with Crippen LogP contribution in [0.1, 0.15) is 28.2 Å². The average molecular weight is 354 g/mol. The van der Waals surface area contributed by atoms with Gasteiger partial charge >= 0.3 is 0 Å². The lowest BCUT2D eigenvalue weighted by molar-refractivity contribution is 0.134. The average Bonchev–Trinajstić information content (AvgIpc) is 3.44. The maximum absolute atomic E-state index is 6.25. The first-order valence-electron chi connectivity index (χ1n) is 9.31. The summed E-state index contributed by atoms with van der Waals surface area (Å²) in [4.78, 5) is 0. The Balaban J connectivity index is 1.52. The minimum absolute atomic E-state index is 0.183. The van der Waals surface area contributed by atoms with Crippen molar-refractivity contribution in [3.63, 3.8) is 0 Å². The fourth-order valence-electron chi connectivity index (χ4n) is 4.46. The number of rotatable bonds is 2. The topological polar surface area (TPSA) is 31.6 Å². The maximum Gasteiger partial charge on any atom is 0.137 e. The Hall–Kier alpha value is -3.04. The molecule has 0 bridgehead atoms. The molecule has 0 aliphatic carbocycles. The second kappa shape index (κ2) is 5.73. The second-order valence-corrected chi connectivity index (χ2v) is 7.21. The van der Waals surface area contributed by atoms with Gasteiger partial charge in [-0.3, -0.25) is 0 Å². The highest BCUT2D eigenvalue weighted by Crippen LogP contribution is 2.47. The molecule has 1 unspecified atom stereocenters. The third kappa shape index (κ3) is 2.18. The first-order chi connectivity index (χ1) is 13.4. The van der Waals surface area contributed by atoms with Crippen molar-refractivity contribution < 1.29 is 13.9 Å². The predicted molar refractivity (Wildman–Crippen MR) is 104 cm³/mol. The summed E-state index contributed by atoms with van der Waals surface area (Å²) in [7, 11) is 0. The van der Waals surface area contributed by atoms with Crippen molar-refractivity contribution in [2.45, 2.75) is 19.1 Å². The molecule has 0 fully saturated rings. The van der Waals surface area contributed by atoms with Crippen molar-refractivity contribution in [1.29, 1.82) is 0 Å². The van der Waals surface area contributed by atoms with E-state index in [0.717, 1.165) is 22.3 Å². The Bertz CT molecular complexity index is 1170. The van der Waals surface area contributed by atoms with Crippen LogP contribution >= 0.6 is 0 Å². The van der Waals surface area contributed by atoms with Gasteiger partial charge < -0.3 is 13.9 Å². The lowest BCUT2D eigenvalue weighted by Crippen LogP contribution is -2.02. The summed E-state index contributed by atoms with van der Waals surface area (Å²) in [6.07, 6.45) is 1.76. The zero-order valence-electron chi connectivity index (χ0n) is 14.8. The van der Waals surface area contributed by atoms with E-state index >= 15 is 0 Å². The molecule has 0 spiro atoms. The van der Waals surface area contributed by atoms with E-state index in [4.69, 9.17) is 13.9 Å². The molecule has 2 aliphatic rings. The van der Waals surface area contributed by atoms with Crippen LogP contribution in [-0.4, -0.2) is 6.61 Å². The molecule has 0 saturated heterocycles. The standard InChI is InChI=1S/C24H18O3/c1-4-15-10-11-26-23(15)19(7-1)22-14-27-24-18(8-3-9-20(22)24)17-6-2-5-16-12-25-13-21(16)17/h1-11,22H,12-14H2. The monoisotopic (exact) mass is 354 g/mol. The highest BCUT2D eigenvalue weighted by Gasteiger charge is 2.31. The summed E-state index contributed by atoms with van der Waals surface area (Å²) in [5.41, 5.74) is 8.31. The Kier molecular flexibility index (Phi) is 3.20. The van der Waals surface area contributed by atoms with E-state index in [2.05, 4.69) is 54.6 Å². The fourth-order valence-corrected chi connectivity index (χ4v) is 4.46. The van der Waals surface area contributed by atoms with Crippen LogP contribution in [0.5, 0.6) is 5.75 Å². The van der Waals surface area contributed by atoms with E-state index in [9.17, 15) is 0 Å². The molecule has 0 N–H and O–H groups in total. The van der Waals surface area contributed by atoms with E-state index in [-0.39, 0.29) is 5.92 Å². The maximum atomic E-state index is 6.25. The van der Waals surface area contributed by atoms with Gasteiger partial charge in [-0.25, -0.2) is 0 Å². The zero-order chi connectivity index (χ0) is 17.8. The molecule has 3 aromatic carbocycles. The number of para-hydroxylation sites is 2. The molecule has 4 aromatic rings. The molecule has 0 amide bonds. The van der Waals surface area contributed by atoms with Crippen LogP contribution in [0, 0.1) is 0 Å². The Morgan fingerprint density at radius 3 is 2.63 bits per heavy atom. The van der Waals surface area contributed by atoms with Gasteiger partial charge in [0.15, 0.2) is 0 Å². The van der Waals surface area contributed by atoms with Crippen molar-refractivity contribution >= 4 is 11.0 Å². The highest BCUT2D eigenvalue weighted by atomic mass is 16.5. The third-order valence-corrected chi connectivity index (χ3v) is 5.77. The van der Waals surface area contributed by atoms with Crippen LogP contribution in [0.3, 0.4) is 0 Å². The number of hydrogen-bond donors (Lipinski definition) is 0. The largest absolute Gasteiger partial charge is 0.492 e. The molecule has 0 radical (unpaired) electrons. The first-order valence-corrected chi connectivity index (χ1v) is 9.31. The molecule has 3 heteroatoms. The van der Waals surface area contributed by atoms with Crippen LogP contribution in [0.2, 0.25) is 0 Å². The molecule has 27 heavy (non-hydrogen) atoms. The van der Waals surface area contributed by atoms with E-state index in [1.165, 1.54) is 27.8 Å². The Labute approximate surface area is 157 Å².